The van der Waals surface area contributed by atoms with Crippen LogP contribution >= 0.6 is 0 Å². The molecule has 2 fully saturated rings. The van der Waals surface area contributed by atoms with Gasteiger partial charge in [-0.1, -0.05) is 18.6 Å². The molecular formula is C17H23FN2O2. The van der Waals surface area contributed by atoms with Gasteiger partial charge in [0.25, 0.3) is 0 Å². The Bertz CT molecular complexity index is 524. The standard InChI is InChI=1S/C17H23FN2O2/c18-14-4-2-13(3-5-14)17(8-1-9-17)12-19-16(22)20(10-11-21)15-6-7-15/h2-5,15,21H,1,6-12H2,(H,19,22). The van der Waals surface area contributed by atoms with Gasteiger partial charge in [0.15, 0.2) is 0 Å². The molecule has 3 rings (SSSR count). The van der Waals surface area contributed by atoms with E-state index in [0.717, 1.165) is 37.7 Å². The summed E-state index contributed by atoms with van der Waals surface area (Å²) < 4.78 is 13.1. The molecule has 2 aliphatic rings. The van der Waals surface area contributed by atoms with E-state index < -0.39 is 0 Å². The molecule has 22 heavy (non-hydrogen) atoms. The first-order valence-electron chi connectivity index (χ1n) is 8.06. The highest BCUT2D eigenvalue weighted by molar-refractivity contribution is 5.75. The van der Waals surface area contributed by atoms with Crippen LogP contribution in [0.5, 0.6) is 0 Å². The van der Waals surface area contributed by atoms with Gasteiger partial charge in [-0.3, -0.25) is 0 Å². The van der Waals surface area contributed by atoms with Gasteiger partial charge >= 0.3 is 6.03 Å². The van der Waals surface area contributed by atoms with Crippen LogP contribution < -0.4 is 5.32 Å². The molecule has 2 aliphatic carbocycles. The van der Waals surface area contributed by atoms with Gasteiger partial charge in [0.05, 0.1) is 6.61 Å². The van der Waals surface area contributed by atoms with E-state index in [1.807, 2.05) is 12.1 Å². The van der Waals surface area contributed by atoms with E-state index in [1.165, 1.54) is 12.1 Å². The molecule has 0 spiro atoms. The minimum atomic E-state index is -0.231. The maximum Gasteiger partial charge on any atom is 0.317 e. The molecule has 0 bridgehead atoms. The third-order valence-electron chi connectivity index (χ3n) is 4.93. The zero-order valence-corrected chi connectivity index (χ0v) is 12.7. The van der Waals surface area contributed by atoms with Crippen LogP contribution in [0.1, 0.15) is 37.7 Å². The fourth-order valence-electron chi connectivity index (χ4n) is 3.26. The summed E-state index contributed by atoms with van der Waals surface area (Å²) in [6, 6.07) is 6.82. The van der Waals surface area contributed by atoms with E-state index in [9.17, 15) is 9.18 Å². The Kier molecular flexibility index (Phi) is 4.34. The van der Waals surface area contributed by atoms with Crippen LogP contribution in [-0.4, -0.2) is 41.8 Å². The number of halogens is 1. The van der Waals surface area contributed by atoms with Crippen molar-refractivity contribution in [1.29, 1.82) is 0 Å². The summed E-state index contributed by atoms with van der Waals surface area (Å²) in [5, 5.41) is 12.1. The van der Waals surface area contributed by atoms with Crippen LogP contribution in [0.25, 0.3) is 0 Å². The Labute approximate surface area is 130 Å². The molecule has 0 atom stereocenters. The van der Waals surface area contributed by atoms with E-state index >= 15 is 0 Å². The van der Waals surface area contributed by atoms with Gasteiger partial charge < -0.3 is 15.3 Å². The van der Waals surface area contributed by atoms with E-state index in [1.54, 1.807) is 4.90 Å². The van der Waals surface area contributed by atoms with E-state index in [-0.39, 0.29) is 29.9 Å². The Morgan fingerprint density at radius 1 is 1.32 bits per heavy atom. The van der Waals surface area contributed by atoms with Crippen molar-refractivity contribution in [3.63, 3.8) is 0 Å². The second-order valence-corrected chi connectivity index (χ2v) is 6.45. The van der Waals surface area contributed by atoms with Gasteiger partial charge in [0, 0.05) is 24.5 Å². The first-order chi connectivity index (χ1) is 10.6. The lowest BCUT2D eigenvalue weighted by Crippen LogP contribution is -2.50. The lowest BCUT2D eigenvalue weighted by atomic mass is 9.64. The number of hydrogen-bond donors (Lipinski definition) is 2. The number of rotatable bonds is 6. The molecule has 2 amide bonds. The molecule has 2 saturated carbocycles. The number of amides is 2. The first kappa shape index (κ1) is 15.3. The SMILES string of the molecule is O=C(NCC1(c2ccc(F)cc2)CCC1)N(CCO)C1CC1. The third-order valence-corrected chi connectivity index (χ3v) is 4.93. The summed E-state index contributed by atoms with van der Waals surface area (Å²) in [4.78, 5) is 14.1. The Hall–Kier alpha value is -1.62. The van der Waals surface area contributed by atoms with Crippen molar-refractivity contribution in [2.24, 2.45) is 0 Å². The molecule has 120 valence electrons. The number of nitrogens with zero attached hydrogens (tertiary/aromatic N) is 1. The molecule has 2 N–H and O–H groups in total. The van der Waals surface area contributed by atoms with Crippen LogP contribution in [0.2, 0.25) is 0 Å². The summed E-state index contributed by atoms with van der Waals surface area (Å²) in [5.41, 5.74) is 1.04. The van der Waals surface area contributed by atoms with Gasteiger partial charge in [-0.25, -0.2) is 9.18 Å². The minimum Gasteiger partial charge on any atom is -0.395 e. The van der Waals surface area contributed by atoms with E-state index in [4.69, 9.17) is 5.11 Å². The molecule has 0 heterocycles. The van der Waals surface area contributed by atoms with Crippen molar-refractivity contribution in [2.75, 3.05) is 19.7 Å². The van der Waals surface area contributed by atoms with Crippen LogP contribution in [0.4, 0.5) is 9.18 Å². The predicted molar refractivity (Wildman–Crippen MR) is 82.1 cm³/mol. The monoisotopic (exact) mass is 306 g/mol. The van der Waals surface area contributed by atoms with Crippen molar-refractivity contribution >= 4 is 6.03 Å². The molecule has 0 saturated heterocycles. The summed E-state index contributed by atoms with van der Waals surface area (Å²) >= 11 is 0. The highest BCUT2D eigenvalue weighted by Gasteiger charge is 2.40. The lowest BCUT2D eigenvalue weighted by Gasteiger charge is -2.43. The number of carbonyl (C=O) groups excluding carboxylic acids is 1. The highest BCUT2D eigenvalue weighted by atomic mass is 19.1. The second-order valence-electron chi connectivity index (χ2n) is 6.45. The molecule has 0 aromatic heterocycles. The number of urea groups is 1. The zero-order chi connectivity index (χ0) is 15.6. The topological polar surface area (TPSA) is 52.6 Å². The van der Waals surface area contributed by atoms with Crippen LogP contribution in [0, 0.1) is 5.82 Å². The Balaban J connectivity index is 1.63. The average molecular weight is 306 g/mol. The second kappa shape index (κ2) is 6.24. The maximum absolute atomic E-state index is 13.1. The summed E-state index contributed by atoms with van der Waals surface area (Å²) in [7, 11) is 0. The number of aliphatic hydroxyl groups excluding tert-OH is 1. The van der Waals surface area contributed by atoms with Gasteiger partial charge in [0.1, 0.15) is 5.82 Å². The number of carbonyl (C=O) groups is 1. The predicted octanol–water partition coefficient (Wildman–Crippen LogP) is 2.41. The minimum absolute atomic E-state index is 0.00692. The molecular weight excluding hydrogens is 283 g/mol. The van der Waals surface area contributed by atoms with Gasteiger partial charge in [-0.2, -0.15) is 0 Å². The van der Waals surface area contributed by atoms with Gasteiger partial charge in [-0.05, 0) is 43.4 Å². The summed E-state index contributed by atoms with van der Waals surface area (Å²) in [6.45, 7) is 0.958. The molecule has 0 radical (unpaired) electrons. The van der Waals surface area contributed by atoms with E-state index in [2.05, 4.69) is 5.32 Å². The summed E-state index contributed by atoms with van der Waals surface area (Å²) in [5.74, 6) is -0.231. The fourth-order valence-corrected chi connectivity index (χ4v) is 3.26. The van der Waals surface area contributed by atoms with Crippen LogP contribution in [0.15, 0.2) is 24.3 Å². The molecule has 4 nitrogen and oxygen atoms in total. The van der Waals surface area contributed by atoms with Crippen molar-refractivity contribution in [2.45, 2.75) is 43.6 Å². The van der Waals surface area contributed by atoms with Crippen molar-refractivity contribution < 1.29 is 14.3 Å². The number of benzene rings is 1. The zero-order valence-electron chi connectivity index (χ0n) is 12.7. The molecule has 0 unspecified atom stereocenters. The lowest BCUT2D eigenvalue weighted by molar-refractivity contribution is 0.164. The Morgan fingerprint density at radius 2 is 2.00 bits per heavy atom. The first-order valence-corrected chi connectivity index (χ1v) is 8.06. The smallest absolute Gasteiger partial charge is 0.317 e. The highest BCUT2D eigenvalue weighted by Crippen LogP contribution is 2.43. The largest absolute Gasteiger partial charge is 0.395 e. The average Bonchev–Trinajstić information content (AvgIpc) is 3.29. The third kappa shape index (κ3) is 3.09. The maximum atomic E-state index is 13.1. The van der Waals surface area contributed by atoms with Gasteiger partial charge in [0.2, 0.25) is 0 Å². The molecule has 1 aromatic carbocycles. The number of hydrogen-bond acceptors (Lipinski definition) is 2. The molecule has 5 heteroatoms. The van der Waals surface area contributed by atoms with E-state index in [0.29, 0.717) is 13.1 Å². The van der Waals surface area contributed by atoms with Crippen molar-refractivity contribution in [1.82, 2.24) is 10.2 Å². The van der Waals surface area contributed by atoms with Gasteiger partial charge in [-0.15, -0.1) is 0 Å². The normalized spacial score (nSPS) is 19.4. The molecule has 0 aliphatic heterocycles. The number of aliphatic hydroxyl groups is 1. The van der Waals surface area contributed by atoms with Crippen molar-refractivity contribution in [3.8, 4) is 0 Å². The van der Waals surface area contributed by atoms with Crippen LogP contribution in [0.3, 0.4) is 0 Å². The molecule has 1 aromatic rings. The van der Waals surface area contributed by atoms with Crippen LogP contribution in [-0.2, 0) is 5.41 Å². The van der Waals surface area contributed by atoms with Crippen molar-refractivity contribution in [3.05, 3.63) is 35.6 Å². The Morgan fingerprint density at radius 3 is 2.50 bits per heavy atom. The quantitative estimate of drug-likeness (QED) is 0.848. The summed E-state index contributed by atoms with van der Waals surface area (Å²) in [6.07, 6.45) is 5.22. The number of nitrogens with one attached hydrogen (secondary N) is 1. The fraction of sp³-hybridized carbons (Fsp3) is 0.588.